The molecule has 1 aromatic heterocycles. The molecule has 2 rings (SSSR count). The van der Waals surface area contributed by atoms with Crippen LogP contribution >= 0.6 is 0 Å². The molecule has 0 saturated carbocycles. The van der Waals surface area contributed by atoms with Gasteiger partial charge in [-0.1, -0.05) is 19.4 Å². The molecule has 3 N–H and O–H groups in total. The fourth-order valence-corrected chi connectivity index (χ4v) is 1.83. The van der Waals surface area contributed by atoms with Crippen LogP contribution in [0.25, 0.3) is 10.9 Å². The molecule has 0 spiro atoms. The summed E-state index contributed by atoms with van der Waals surface area (Å²) in [7, 11) is 0. The summed E-state index contributed by atoms with van der Waals surface area (Å²) in [6.07, 6.45) is 3.34. The van der Waals surface area contributed by atoms with Crippen LogP contribution in [-0.2, 0) is 4.79 Å². The molecule has 0 aliphatic rings. The normalized spacial score (nSPS) is 12.3. The number of aromatic nitrogens is 1. The van der Waals surface area contributed by atoms with Crippen LogP contribution in [0.5, 0.6) is 0 Å². The quantitative estimate of drug-likeness (QED) is 0.865. The Morgan fingerprint density at radius 3 is 3.06 bits per heavy atom. The molecular formula is C14H17N3O. The highest BCUT2D eigenvalue weighted by Crippen LogP contribution is 2.17. The molecule has 1 atom stereocenters. The van der Waals surface area contributed by atoms with Crippen LogP contribution < -0.4 is 11.1 Å². The van der Waals surface area contributed by atoms with E-state index in [9.17, 15) is 4.79 Å². The Balaban J connectivity index is 2.14. The van der Waals surface area contributed by atoms with Crippen molar-refractivity contribution in [3.8, 4) is 0 Å². The van der Waals surface area contributed by atoms with E-state index < -0.39 is 6.04 Å². The smallest absolute Gasteiger partial charge is 0.241 e. The molecule has 1 aromatic carbocycles. The van der Waals surface area contributed by atoms with E-state index in [1.165, 1.54) is 0 Å². The van der Waals surface area contributed by atoms with Gasteiger partial charge in [0.1, 0.15) is 0 Å². The largest absolute Gasteiger partial charge is 0.325 e. The molecule has 0 aliphatic carbocycles. The molecule has 4 nitrogen and oxygen atoms in total. The van der Waals surface area contributed by atoms with Gasteiger partial charge in [0.15, 0.2) is 0 Å². The van der Waals surface area contributed by atoms with Crippen LogP contribution in [0.2, 0.25) is 0 Å². The molecule has 0 aliphatic heterocycles. The number of fused-ring (bicyclic) bond motifs is 1. The van der Waals surface area contributed by atoms with Gasteiger partial charge in [0.25, 0.3) is 0 Å². The van der Waals surface area contributed by atoms with Crippen LogP contribution in [0.1, 0.15) is 19.8 Å². The molecule has 0 unspecified atom stereocenters. The third-order valence-electron chi connectivity index (χ3n) is 2.81. The number of nitrogens with zero attached hydrogens (tertiary/aromatic N) is 1. The van der Waals surface area contributed by atoms with Gasteiger partial charge in [0.2, 0.25) is 5.91 Å². The number of rotatable bonds is 4. The molecular weight excluding hydrogens is 226 g/mol. The summed E-state index contributed by atoms with van der Waals surface area (Å²) >= 11 is 0. The lowest BCUT2D eigenvalue weighted by molar-refractivity contribution is -0.117. The highest BCUT2D eigenvalue weighted by molar-refractivity contribution is 5.96. The van der Waals surface area contributed by atoms with E-state index in [0.29, 0.717) is 6.42 Å². The minimum Gasteiger partial charge on any atom is -0.325 e. The number of amides is 1. The SMILES string of the molecule is CCC[C@@H](N)C(=O)Nc1ccc2ncccc2c1. The van der Waals surface area contributed by atoms with Gasteiger partial charge in [-0.3, -0.25) is 9.78 Å². The maximum atomic E-state index is 11.8. The number of benzene rings is 1. The molecule has 0 bridgehead atoms. The van der Waals surface area contributed by atoms with Crippen molar-refractivity contribution in [1.82, 2.24) is 4.98 Å². The van der Waals surface area contributed by atoms with Crippen LogP contribution in [0, 0.1) is 0 Å². The molecule has 0 fully saturated rings. The number of nitrogens with one attached hydrogen (secondary N) is 1. The van der Waals surface area contributed by atoms with E-state index in [1.54, 1.807) is 6.20 Å². The third kappa shape index (κ3) is 2.84. The first-order chi connectivity index (χ1) is 8.70. The number of pyridine rings is 1. The van der Waals surface area contributed by atoms with Crippen LogP contribution in [-0.4, -0.2) is 16.9 Å². The van der Waals surface area contributed by atoms with Crippen LogP contribution in [0.3, 0.4) is 0 Å². The lowest BCUT2D eigenvalue weighted by Crippen LogP contribution is -2.35. The predicted octanol–water partition coefficient (Wildman–Crippen LogP) is 2.30. The number of nitrogens with two attached hydrogens (primary N) is 1. The second kappa shape index (κ2) is 5.60. The molecule has 2 aromatic rings. The number of hydrogen-bond donors (Lipinski definition) is 2. The van der Waals surface area contributed by atoms with E-state index in [-0.39, 0.29) is 5.91 Å². The minimum absolute atomic E-state index is 0.139. The summed E-state index contributed by atoms with van der Waals surface area (Å²) in [5, 5.41) is 3.83. The number of carbonyl (C=O) groups is 1. The Kier molecular flexibility index (Phi) is 3.89. The summed E-state index contributed by atoms with van der Waals surface area (Å²) < 4.78 is 0. The van der Waals surface area contributed by atoms with Crippen molar-refractivity contribution in [3.63, 3.8) is 0 Å². The van der Waals surface area contributed by atoms with Gasteiger partial charge in [0, 0.05) is 17.3 Å². The summed E-state index contributed by atoms with van der Waals surface area (Å²) in [5.74, 6) is -0.139. The second-order valence-electron chi connectivity index (χ2n) is 4.30. The van der Waals surface area contributed by atoms with Crippen LogP contribution in [0.15, 0.2) is 36.5 Å². The van der Waals surface area contributed by atoms with Crippen molar-refractivity contribution in [1.29, 1.82) is 0 Å². The Hall–Kier alpha value is -1.94. The van der Waals surface area contributed by atoms with Gasteiger partial charge in [-0.15, -0.1) is 0 Å². The highest BCUT2D eigenvalue weighted by atomic mass is 16.2. The van der Waals surface area contributed by atoms with E-state index in [2.05, 4.69) is 10.3 Å². The first-order valence-corrected chi connectivity index (χ1v) is 6.12. The zero-order chi connectivity index (χ0) is 13.0. The van der Waals surface area contributed by atoms with E-state index in [1.807, 2.05) is 37.3 Å². The highest BCUT2D eigenvalue weighted by Gasteiger charge is 2.12. The molecule has 18 heavy (non-hydrogen) atoms. The molecule has 4 heteroatoms. The minimum atomic E-state index is -0.445. The monoisotopic (exact) mass is 243 g/mol. The lowest BCUT2D eigenvalue weighted by atomic mass is 10.1. The van der Waals surface area contributed by atoms with Gasteiger partial charge in [0.05, 0.1) is 11.6 Å². The molecule has 1 amide bonds. The van der Waals surface area contributed by atoms with E-state index >= 15 is 0 Å². The van der Waals surface area contributed by atoms with Gasteiger partial charge < -0.3 is 11.1 Å². The Morgan fingerprint density at radius 1 is 1.44 bits per heavy atom. The number of anilines is 1. The Morgan fingerprint density at radius 2 is 2.28 bits per heavy atom. The first-order valence-electron chi connectivity index (χ1n) is 6.12. The van der Waals surface area contributed by atoms with Crippen molar-refractivity contribution >= 4 is 22.5 Å². The number of carbonyl (C=O) groups excluding carboxylic acids is 1. The first kappa shape index (κ1) is 12.5. The predicted molar refractivity (Wildman–Crippen MR) is 73.3 cm³/mol. The average Bonchev–Trinajstić information content (AvgIpc) is 2.39. The van der Waals surface area contributed by atoms with Gasteiger partial charge in [-0.25, -0.2) is 0 Å². The fourth-order valence-electron chi connectivity index (χ4n) is 1.83. The van der Waals surface area contributed by atoms with Gasteiger partial charge in [-0.05, 0) is 30.7 Å². The molecule has 0 saturated heterocycles. The molecule has 94 valence electrons. The second-order valence-corrected chi connectivity index (χ2v) is 4.30. The summed E-state index contributed by atoms with van der Waals surface area (Å²) in [6.45, 7) is 2.01. The maximum Gasteiger partial charge on any atom is 0.241 e. The summed E-state index contributed by atoms with van der Waals surface area (Å²) in [4.78, 5) is 16.0. The average molecular weight is 243 g/mol. The van der Waals surface area contributed by atoms with Crippen molar-refractivity contribution in [2.24, 2.45) is 5.73 Å². The topological polar surface area (TPSA) is 68.0 Å². The lowest BCUT2D eigenvalue weighted by Gasteiger charge is -2.11. The van der Waals surface area contributed by atoms with E-state index in [0.717, 1.165) is 23.0 Å². The van der Waals surface area contributed by atoms with Gasteiger partial charge >= 0.3 is 0 Å². The Labute approximate surface area is 106 Å². The summed E-state index contributed by atoms with van der Waals surface area (Å²) in [5.41, 5.74) is 7.43. The molecule has 0 radical (unpaired) electrons. The fraction of sp³-hybridized carbons (Fsp3) is 0.286. The van der Waals surface area contributed by atoms with Crippen molar-refractivity contribution in [2.75, 3.05) is 5.32 Å². The van der Waals surface area contributed by atoms with E-state index in [4.69, 9.17) is 5.73 Å². The third-order valence-corrected chi connectivity index (χ3v) is 2.81. The van der Waals surface area contributed by atoms with Gasteiger partial charge in [-0.2, -0.15) is 0 Å². The zero-order valence-corrected chi connectivity index (χ0v) is 10.4. The zero-order valence-electron chi connectivity index (χ0n) is 10.4. The van der Waals surface area contributed by atoms with Crippen molar-refractivity contribution in [2.45, 2.75) is 25.8 Å². The standard InChI is InChI=1S/C14H17N3O/c1-2-4-12(15)14(18)17-11-6-7-13-10(9-11)5-3-8-16-13/h3,5-9,12H,2,4,15H2,1H3,(H,17,18)/t12-/m1/s1. The summed E-state index contributed by atoms with van der Waals surface area (Å²) in [6, 6.07) is 9.02. The maximum absolute atomic E-state index is 11.8. The van der Waals surface area contributed by atoms with Crippen LogP contribution in [0.4, 0.5) is 5.69 Å². The van der Waals surface area contributed by atoms with Crippen molar-refractivity contribution in [3.05, 3.63) is 36.5 Å². The van der Waals surface area contributed by atoms with Crippen molar-refractivity contribution < 1.29 is 4.79 Å². The molecule has 1 heterocycles. The number of hydrogen-bond acceptors (Lipinski definition) is 3. The Bertz CT molecular complexity index is 553.